The molecule has 1 atom stereocenters. The molecule has 0 amide bonds. The Bertz CT molecular complexity index is 976. The van der Waals surface area contributed by atoms with Crippen LogP contribution < -0.4 is 5.32 Å². The molecule has 0 aliphatic heterocycles. The number of esters is 1. The van der Waals surface area contributed by atoms with Gasteiger partial charge < -0.3 is 15.2 Å². The number of phenolic OH excluding ortho intramolecular Hbond substituents is 1. The molecular formula is C17H16BrFN4O3. The van der Waals surface area contributed by atoms with Crippen molar-refractivity contribution in [1.82, 2.24) is 14.6 Å². The SMILES string of the molecule is CCOC(=O)c1cnn2ccc(N[C@H](C)c3cc(F)cc(Br)c3O)nc12. The van der Waals surface area contributed by atoms with Crippen molar-refractivity contribution in [2.75, 3.05) is 11.9 Å². The Labute approximate surface area is 156 Å². The Morgan fingerprint density at radius 1 is 1.50 bits per heavy atom. The van der Waals surface area contributed by atoms with Gasteiger partial charge in [-0.3, -0.25) is 0 Å². The highest BCUT2D eigenvalue weighted by molar-refractivity contribution is 9.10. The number of hydrogen-bond acceptors (Lipinski definition) is 6. The first-order chi connectivity index (χ1) is 12.4. The largest absolute Gasteiger partial charge is 0.506 e. The van der Waals surface area contributed by atoms with Crippen LogP contribution in [0.15, 0.2) is 35.1 Å². The monoisotopic (exact) mass is 422 g/mol. The summed E-state index contributed by atoms with van der Waals surface area (Å²) in [6.45, 7) is 3.73. The lowest BCUT2D eigenvalue weighted by Gasteiger charge is -2.17. The molecule has 0 aliphatic carbocycles. The van der Waals surface area contributed by atoms with Gasteiger partial charge in [0.25, 0.3) is 0 Å². The Hall–Kier alpha value is -2.68. The number of benzene rings is 1. The quantitative estimate of drug-likeness (QED) is 0.609. The number of rotatable bonds is 5. The van der Waals surface area contributed by atoms with Gasteiger partial charge in [0.1, 0.15) is 22.9 Å². The van der Waals surface area contributed by atoms with Crippen molar-refractivity contribution in [2.45, 2.75) is 19.9 Å². The van der Waals surface area contributed by atoms with E-state index in [2.05, 4.69) is 31.3 Å². The van der Waals surface area contributed by atoms with Crippen LogP contribution in [0.25, 0.3) is 5.65 Å². The maximum absolute atomic E-state index is 13.6. The van der Waals surface area contributed by atoms with Gasteiger partial charge in [-0.05, 0) is 48.0 Å². The lowest BCUT2D eigenvalue weighted by molar-refractivity contribution is 0.0528. The lowest BCUT2D eigenvalue weighted by Crippen LogP contribution is -2.10. The summed E-state index contributed by atoms with van der Waals surface area (Å²) in [6, 6.07) is 3.66. The fraction of sp³-hybridized carbons (Fsp3) is 0.235. The summed E-state index contributed by atoms with van der Waals surface area (Å²) >= 11 is 3.12. The minimum atomic E-state index is -0.507. The molecule has 0 spiro atoms. The van der Waals surface area contributed by atoms with Crippen LogP contribution in [-0.2, 0) is 4.74 Å². The molecule has 0 saturated carbocycles. The smallest absolute Gasteiger partial charge is 0.343 e. The van der Waals surface area contributed by atoms with Gasteiger partial charge in [-0.15, -0.1) is 0 Å². The third kappa shape index (κ3) is 3.48. The maximum atomic E-state index is 13.6. The van der Waals surface area contributed by atoms with Gasteiger partial charge in [-0.2, -0.15) is 5.10 Å². The van der Waals surface area contributed by atoms with Gasteiger partial charge in [0.15, 0.2) is 5.65 Å². The van der Waals surface area contributed by atoms with Crippen molar-refractivity contribution >= 4 is 33.4 Å². The van der Waals surface area contributed by atoms with E-state index < -0.39 is 17.8 Å². The van der Waals surface area contributed by atoms with Crippen LogP contribution in [0.2, 0.25) is 0 Å². The predicted molar refractivity (Wildman–Crippen MR) is 96.7 cm³/mol. The van der Waals surface area contributed by atoms with E-state index in [1.165, 1.54) is 22.8 Å². The molecule has 136 valence electrons. The van der Waals surface area contributed by atoms with Gasteiger partial charge in [-0.1, -0.05) is 0 Å². The number of anilines is 1. The van der Waals surface area contributed by atoms with E-state index in [0.29, 0.717) is 17.0 Å². The summed E-state index contributed by atoms with van der Waals surface area (Å²) in [5.74, 6) is -0.589. The van der Waals surface area contributed by atoms with Crippen LogP contribution in [0.3, 0.4) is 0 Å². The van der Waals surface area contributed by atoms with Crippen molar-refractivity contribution in [3.05, 3.63) is 52.0 Å². The second-order valence-corrected chi connectivity index (χ2v) is 6.41. The number of hydrogen-bond donors (Lipinski definition) is 2. The van der Waals surface area contributed by atoms with E-state index in [0.717, 1.165) is 0 Å². The van der Waals surface area contributed by atoms with E-state index >= 15 is 0 Å². The van der Waals surface area contributed by atoms with Crippen molar-refractivity contribution in [1.29, 1.82) is 0 Å². The second-order valence-electron chi connectivity index (χ2n) is 5.55. The molecule has 7 nitrogen and oxygen atoms in total. The van der Waals surface area contributed by atoms with Crippen molar-refractivity contribution in [2.24, 2.45) is 0 Å². The van der Waals surface area contributed by atoms with Crippen molar-refractivity contribution in [3.63, 3.8) is 0 Å². The molecule has 0 aliphatic rings. The fourth-order valence-electron chi connectivity index (χ4n) is 2.52. The number of aromatic nitrogens is 3. The minimum Gasteiger partial charge on any atom is -0.506 e. The molecule has 2 aromatic heterocycles. The number of ether oxygens (including phenoxy) is 1. The first kappa shape index (κ1) is 18.1. The molecule has 1 aromatic carbocycles. The Morgan fingerprint density at radius 2 is 2.27 bits per heavy atom. The molecule has 3 rings (SSSR count). The van der Waals surface area contributed by atoms with Gasteiger partial charge in [0.2, 0.25) is 0 Å². The number of nitrogens with one attached hydrogen (secondary N) is 1. The summed E-state index contributed by atoms with van der Waals surface area (Å²) in [7, 11) is 0. The van der Waals surface area contributed by atoms with Crippen molar-refractivity contribution < 1.29 is 19.0 Å². The van der Waals surface area contributed by atoms with Crippen LogP contribution in [-0.4, -0.2) is 32.3 Å². The highest BCUT2D eigenvalue weighted by Gasteiger charge is 2.18. The molecule has 26 heavy (non-hydrogen) atoms. The Balaban J connectivity index is 1.91. The Kier molecular flexibility index (Phi) is 5.08. The number of carbonyl (C=O) groups is 1. The standard InChI is InChI=1S/C17H16BrFN4O3/c1-3-26-17(25)12-8-20-23-5-4-14(22-16(12)23)21-9(2)11-6-10(19)7-13(18)15(11)24/h4-9,24H,3H2,1-2H3,(H,21,22)/t9-/m1/s1. The molecule has 0 saturated heterocycles. The molecule has 2 N–H and O–H groups in total. The number of nitrogens with zero attached hydrogens (tertiary/aromatic N) is 3. The average molecular weight is 423 g/mol. The minimum absolute atomic E-state index is 0.0518. The summed E-state index contributed by atoms with van der Waals surface area (Å²) in [4.78, 5) is 16.4. The van der Waals surface area contributed by atoms with E-state index in [4.69, 9.17) is 4.74 Å². The van der Waals surface area contributed by atoms with E-state index in [9.17, 15) is 14.3 Å². The van der Waals surface area contributed by atoms with Gasteiger partial charge in [0, 0.05) is 11.8 Å². The first-order valence-electron chi connectivity index (χ1n) is 7.86. The van der Waals surface area contributed by atoms with Crippen LogP contribution in [0.5, 0.6) is 5.75 Å². The van der Waals surface area contributed by atoms with Gasteiger partial charge in [0.05, 0.1) is 23.3 Å². The summed E-state index contributed by atoms with van der Waals surface area (Å²) in [5, 5.41) is 17.3. The van der Waals surface area contributed by atoms with Crippen LogP contribution in [0.1, 0.15) is 35.8 Å². The summed E-state index contributed by atoms with van der Waals surface area (Å²) < 4.78 is 20.4. The number of phenols is 1. The zero-order valence-corrected chi connectivity index (χ0v) is 15.6. The molecule has 0 radical (unpaired) electrons. The molecule has 9 heteroatoms. The molecule has 3 aromatic rings. The molecule has 0 bridgehead atoms. The highest BCUT2D eigenvalue weighted by atomic mass is 79.9. The molecule has 0 unspecified atom stereocenters. The van der Waals surface area contributed by atoms with E-state index in [-0.39, 0.29) is 22.4 Å². The number of halogens is 2. The van der Waals surface area contributed by atoms with Crippen LogP contribution >= 0.6 is 15.9 Å². The summed E-state index contributed by atoms with van der Waals surface area (Å²) in [5.41, 5.74) is 0.961. The lowest BCUT2D eigenvalue weighted by atomic mass is 10.1. The van der Waals surface area contributed by atoms with Gasteiger partial charge >= 0.3 is 5.97 Å². The fourth-order valence-corrected chi connectivity index (χ4v) is 2.97. The van der Waals surface area contributed by atoms with Gasteiger partial charge in [-0.25, -0.2) is 18.7 Å². The topological polar surface area (TPSA) is 88.8 Å². The van der Waals surface area contributed by atoms with Crippen molar-refractivity contribution in [3.8, 4) is 5.75 Å². The van der Waals surface area contributed by atoms with E-state index in [1.54, 1.807) is 26.1 Å². The first-order valence-corrected chi connectivity index (χ1v) is 8.66. The molecular weight excluding hydrogens is 407 g/mol. The maximum Gasteiger partial charge on any atom is 0.343 e. The third-order valence-electron chi connectivity index (χ3n) is 3.75. The summed E-state index contributed by atoms with van der Waals surface area (Å²) in [6.07, 6.45) is 3.03. The zero-order chi connectivity index (χ0) is 18.8. The molecule has 0 fully saturated rings. The predicted octanol–water partition coefficient (Wildman–Crippen LogP) is 3.69. The third-order valence-corrected chi connectivity index (χ3v) is 4.36. The normalized spacial score (nSPS) is 12.2. The van der Waals surface area contributed by atoms with E-state index in [1.807, 2.05) is 0 Å². The number of aromatic hydroxyl groups is 1. The molecule has 2 heterocycles. The number of carbonyl (C=O) groups excluding carboxylic acids is 1. The second kappa shape index (κ2) is 7.28. The average Bonchev–Trinajstić information content (AvgIpc) is 3.01. The van der Waals surface area contributed by atoms with Crippen LogP contribution in [0.4, 0.5) is 10.2 Å². The highest BCUT2D eigenvalue weighted by Crippen LogP contribution is 2.34. The number of fused-ring (bicyclic) bond motifs is 1. The van der Waals surface area contributed by atoms with Crippen LogP contribution in [0, 0.1) is 5.82 Å². The zero-order valence-electron chi connectivity index (χ0n) is 14.0. The Morgan fingerprint density at radius 3 is 3.00 bits per heavy atom.